The number of H-pyrrole nitrogens is 1. The Bertz CT molecular complexity index is 1440. The first kappa shape index (κ1) is 23.3. The second kappa shape index (κ2) is 9.58. The van der Waals surface area contributed by atoms with Gasteiger partial charge in [0.05, 0.1) is 17.6 Å². The number of methoxy groups -OCH3 is 1. The Balaban J connectivity index is 1.71. The first-order chi connectivity index (χ1) is 16.3. The van der Waals surface area contributed by atoms with Crippen molar-refractivity contribution >= 4 is 33.6 Å². The molecule has 4 rings (SSSR count). The number of benzene rings is 2. The summed E-state index contributed by atoms with van der Waals surface area (Å²) < 4.78 is 37.5. The zero-order chi connectivity index (χ0) is 24.3. The predicted octanol–water partition coefficient (Wildman–Crippen LogP) is 4.52. The highest BCUT2D eigenvalue weighted by Gasteiger charge is 2.27. The van der Waals surface area contributed by atoms with Crippen molar-refractivity contribution in [3.63, 3.8) is 0 Å². The normalized spacial score (nSPS) is 11.2. The summed E-state index contributed by atoms with van der Waals surface area (Å²) in [6.45, 7) is 0.0731. The largest absolute Gasteiger partial charge is 0.464 e. The Hall–Kier alpha value is -3.82. The maximum absolute atomic E-state index is 13.3. The molecule has 0 spiro atoms. The molecule has 8 nitrogen and oxygen atoms in total. The summed E-state index contributed by atoms with van der Waals surface area (Å²) in [6.07, 6.45) is 4.23. The molecule has 174 valence electrons. The number of esters is 2. The van der Waals surface area contributed by atoms with Crippen molar-refractivity contribution in [2.45, 2.75) is 11.5 Å². The van der Waals surface area contributed by atoms with E-state index in [1.165, 1.54) is 48.9 Å². The van der Waals surface area contributed by atoms with Crippen LogP contribution >= 0.6 is 11.6 Å². The van der Waals surface area contributed by atoms with E-state index in [4.69, 9.17) is 21.1 Å². The van der Waals surface area contributed by atoms with E-state index in [0.717, 1.165) is 16.6 Å². The molecule has 0 aliphatic heterocycles. The van der Waals surface area contributed by atoms with Crippen LogP contribution < -0.4 is 0 Å². The molecule has 0 saturated heterocycles. The number of ether oxygens (including phenoxy) is 2. The van der Waals surface area contributed by atoms with Gasteiger partial charge in [-0.15, -0.1) is 0 Å². The molecule has 2 aromatic heterocycles. The van der Waals surface area contributed by atoms with E-state index in [2.05, 4.69) is 4.98 Å². The van der Waals surface area contributed by atoms with Gasteiger partial charge < -0.3 is 14.5 Å². The summed E-state index contributed by atoms with van der Waals surface area (Å²) in [4.78, 5) is 27.9. The Morgan fingerprint density at radius 1 is 1.00 bits per heavy atom. The number of nitrogens with one attached hydrogen (secondary N) is 1. The van der Waals surface area contributed by atoms with Crippen molar-refractivity contribution in [3.8, 4) is 11.1 Å². The summed E-state index contributed by atoms with van der Waals surface area (Å²) in [5.41, 5.74) is 1.46. The molecule has 2 aromatic carbocycles. The van der Waals surface area contributed by atoms with Crippen molar-refractivity contribution in [3.05, 3.63) is 101 Å². The lowest BCUT2D eigenvalue weighted by atomic mass is 10.1. The molecule has 0 fully saturated rings. The summed E-state index contributed by atoms with van der Waals surface area (Å²) in [7, 11) is -3.01. The fourth-order valence-corrected chi connectivity index (χ4v) is 4.81. The number of carbonyl (C=O) groups excluding carboxylic acids is 2. The van der Waals surface area contributed by atoms with Crippen LogP contribution in [-0.4, -0.2) is 36.4 Å². The van der Waals surface area contributed by atoms with Crippen molar-refractivity contribution in [2.75, 3.05) is 7.11 Å². The van der Waals surface area contributed by atoms with Crippen molar-refractivity contribution in [1.29, 1.82) is 0 Å². The minimum absolute atomic E-state index is 0.0687. The smallest absolute Gasteiger partial charge is 0.355 e. The maximum Gasteiger partial charge on any atom is 0.355 e. The lowest BCUT2D eigenvalue weighted by Gasteiger charge is -2.09. The van der Waals surface area contributed by atoms with Gasteiger partial charge in [0.25, 0.3) is 10.0 Å². The molecular weight excluding hydrogens is 480 g/mol. The number of halogens is 1. The predicted molar refractivity (Wildman–Crippen MR) is 125 cm³/mol. The lowest BCUT2D eigenvalue weighted by molar-refractivity contribution is 0.0473. The molecule has 0 aliphatic rings. The molecule has 0 saturated carbocycles. The summed E-state index contributed by atoms with van der Waals surface area (Å²) >= 11 is 5.87. The summed E-state index contributed by atoms with van der Waals surface area (Å²) in [6, 6.07) is 16.1. The number of hydrogen-bond donors (Lipinski definition) is 1. The second-order valence-corrected chi connectivity index (χ2v) is 9.46. The molecule has 0 bridgehead atoms. The monoisotopic (exact) mass is 498 g/mol. The fraction of sp³-hybridized carbons (Fsp3) is 0.0833. The molecule has 0 radical (unpaired) electrons. The average molecular weight is 499 g/mol. The van der Waals surface area contributed by atoms with Gasteiger partial charge in [0, 0.05) is 34.7 Å². The SMILES string of the molecule is COC(=O)c1cc(-c2c[nH]cc2C(=O)OCc2ccccc2)cn1S(=O)(=O)c1ccc(Cl)cc1. The van der Waals surface area contributed by atoms with Gasteiger partial charge in [-0.05, 0) is 35.9 Å². The molecule has 34 heavy (non-hydrogen) atoms. The molecule has 0 aliphatic carbocycles. The first-order valence-corrected chi connectivity index (χ1v) is 11.8. The Kier molecular flexibility index (Phi) is 6.58. The van der Waals surface area contributed by atoms with Crippen LogP contribution in [-0.2, 0) is 26.1 Å². The van der Waals surface area contributed by atoms with E-state index in [-0.39, 0.29) is 22.8 Å². The minimum Gasteiger partial charge on any atom is -0.464 e. The van der Waals surface area contributed by atoms with Gasteiger partial charge in [-0.2, -0.15) is 0 Å². The van der Waals surface area contributed by atoms with Crippen LogP contribution in [0.25, 0.3) is 11.1 Å². The highest BCUT2D eigenvalue weighted by Crippen LogP contribution is 2.30. The maximum atomic E-state index is 13.3. The van der Waals surface area contributed by atoms with Crippen LogP contribution in [0.2, 0.25) is 5.02 Å². The van der Waals surface area contributed by atoms with Gasteiger partial charge in [0.1, 0.15) is 12.3 Å². The molecule has 0 unspecified atom stereocenters. The third kappa shape index (κ3) is 4.61. The minimum atomic E-state index is -4.16. The number of carbonyl (C=O) groups is 2. The van der Waals surface area contributed by atoms with Gasteiger partial charge >= 0.3 is 11.9 Å². The highest BCUT2D eigenvalue weighted by atomic mass is 35.5. The van der Waals surface area contributed by atoms with E-state index < -0.39 is 22.0 Å². The second-order valence-electron chi connectivity index (χ2n) is 7.20. The Labute approximate surface area is 200 Å². The van der Waals surface area contributed by atoms with Crippen LogP contribution in [0.1, 0.15) is 26.4 Å². The van der Waals surface area contributed by atoms with Crippen LogP contribution in [0.5, 0.6) is 0 Å². The highest BCUT2D eigenvalue weighted by molar-refractivity contribution is 7.90. The lowest BCUT2D eigenvalue weighted by Crippen LogP contribution is -2.18. The van der Waals surface area contributed by atoms with Gasteiger partial charge in [-0.1, -0.05) is 41.9 Å². The molecular formula is C24H19ClN2O6S. The van der Waals surface area contributed by atoms with Crippen LogP contribution in [0.4, 0.5) is 0 Å². The first-order valence-electron chi connectivity index (χ1n) is 10.0. The molecule has 0 amide bonds. The van der Waals surface area contributed by atoms with E-state index in [9.17, 15) is 18.0 Å². The van der Waals surface area contributed by atoms with Crippen LogP contribution in [0, 0.1) is 0 Å². The zero-order valence-corrected chi connectivity index (χ0v) is 19.5. The number of hydrogen-bond acceptors (Lipinski definition) is 6. The number of aromatic amines is 1. The van der Waals surface area contributed by atoms with E-state index in [1.54, 1.807) is 0 Å². The van der Waals surface area contributed by atoms with E-state index >= 15 is 0 Å². The molecule has 4 aromatic rings. The average Bonchev–Trinajstić information content (AvgIpc) is 3.51. The van der Waals surface area contributed by atoms with Crippen molar-refractivity contribution in [2.24, 2.45) is 0 Å². The summed E-state index contributed by atoms with van der Waals surface area (Å²) in [5.74, 6) is -1.46. The standard InChI is InChI=1S/C24H19ClN2O6S/c1-32-24(29)22-11-17(14-27(22)34(30,31)19-9-7-18(25)8-10-19)20-12-26-13-21(20)23(28)33-15-16-5-3-2-4-6-16/h2-14,26H,15H2,1H3. The quantitative estimate of drug-likeness (QED) is 0.375. The van der Waals surface area contributed by atoms with E-state index in [1.807, 2.05) is 30.3 Å². The van der Waals surface area contributed by atoms with Crippen LogP contribution in [0.15, 0.2) is 84.1 Å². The van der Waals surface area contributed by atoms with Gasteiger partial charge in [-0.25, -0.2) is 22.0 Å². The Morgan fingerprint density at radius 3 is 2.38 bits per heavy atom. The van der Waals surface area contributed by atoms with Crippen molar-refractivity contribution in [1.82, 2.24) is 8.96 Å². The van der Waals surface area contributed by atoms with Gasteiger partial charge in [0.2, 0.25) is 0 Å². The van der Waals surface area contributed by atoms with Gasteiger partial charge in [-0.3, -0.25) is 0 Å². The number of rotatable bonds is 7. The zero-order valence-electron chi connectivity index (χ0n) is 17.9. The third-order valence-corrected chi connectivity index (χ3v) is 6.98. The molecule has 0 atom stereocenters. The topological polar surface area (TPSA) is 107 Å². The van der Waals surface area contributed by atoms with Gasteiger partial charge in [0.15, 0.2) is 0 Å². The molecule has 1 N–H and O–H groups in total. The fourth-order valence-electron chi connectivity index (χ4n) is 3.34. The van der Waals surface area contributed by atoms with E-state index in [0.29, 0.717) is 16.1 Å². The number of aromatic nitrogens is 2. The van der Waals surface area contributed by atoms with Crippen molar-refractivity contribution < 1.29 is 27.5 Å². The molecule has 10 heteroatoms. The summed E-state index contributed by atoms with van der Waals surface area (Å²) in [5, 5.41) is 0.367. The Morgan fingerprint density at radius 2 is 1.71 bits per heavy atom. The molecule has 2 heterocycles. The van der Waals surface area contributed by atoms with Crippen LogP contribution in [0.3, 0.4) is 0 Å². The third-order valence-electron chi connectivity index (χ3n) is 5.04. The number of nitrogens with zero attached hydrogens (tertiary/aromatic N) is 1.